The molecule has 0 aliphatic carbocycles. The van der Waals surface area contributed by atoms with E-state index in [-0.39, 0.29) is 16.9 Å². The average Bonchev–Trinajstić information content (AvgIpc) is 3.04. The van der Waals surface area contributed by atoms with Gasteiger partial charge in [0, 0.05) is 21.7 Å². The maximum atomic E-state index is 12.6. The first-order chi connectivity index (χ1) is 11.2. The molecule has 0 spiro atoms. The number of aromatic nitrogens is 1. The van der Waals surface area contributed by atoms with Gasteiger partial charge in [0.05, 0.1) is 4.53 Å². The monoisotopic (exact) mass is 360 g/mol. The Kier molecular flexibility index (Phi) is 5.26. The van der Waals surface area contributed by atoms with Crippen LogP contribution in [0.25, 0.3) is 11.6 Å². The Morgan fingerprint density at radius 2 is 2.00 bits per heavy atom. The fourth-order valence-corrected chi connectivity index (χ4v) is 4.27. The van der Waals surface area contributed by atoms with Crippen LogP contribution in [-0.4, -0.2) is 10.4 Å². The highest BCUT2D eigenvalue weighted by molar-refractivity contribution is 7.13. The van der Waals surface area contributed by atoms with Gasteiger partial charge in [0.15, 0.2) is 5.78 Å². The molecule has 2 aromatic heterocycles. The Bertz CT molecular complexity index is 992. The van der Waals surface area contributed by atoms with Gasteiger partial charge in [-0.3, -0.25) is 14.2 Å². The van der Waals surface area contributed by atoms with Crippen molar-refractivity contribution >= 4 is 40.1 Å². The molecule has 2 aromatic rings. The molecule has 2 heterocycles. The van der Waals surface area contributed by atoms with Gasteiger partial charge in [-0.1, -0.05) is 20.8 Å². The topological polar surface area (TPSA) is 62.9 Å². The number of nitrogens with zero attached hydrogens (tertiary/aromatic N) is 2. The number of thiazole rings is 1. The van der Waals surface area contributed by atoms with E-state index < -0.39 is 5.41 Å². The van der Waals surface area contributed by atoms with Crippen LogP contribution in [0.1, 0.15) is 37.4 Å². The number of rotatable bonds is 3. The Morgan fingerprint density at radius 1 is 1.33 bits per heavy atom. The molecule has 0 unspecified atom stereocenters. The summed E-state index contributed by atoms with van der Waals surface area (Å²) >= 11 is 2.82. The number of thiophene rings is 1. The molecule has 0 amide bonds. The standard InChI is InChI=1S/C18H20N2O2S2/c1-6-20-16(22)14(9-12-8-7-11(2)23-12)24-17(20)13(10-19)15(21)18(3,4)5/h7-9H,6H2,1-5H3/b14-9+,17-13+. The van der Waals surface area contributed by atoms with Gasteiger partial charge in [0.2, 0.25) is 0 Å². The second-order valence-electron chi connectivity index (χ2n) is 6.48. The van der Waals surface area contributed by atoms with Gasteiger partial charge in [-0.25, -0.2) is 0 Å². The Labute approximate surface area is 149 Å². The molecular formula is C18H20N2O2S2. The third kappa shape index (κ3) is 3.58. The number of hydrogen-bond donors (Lipinski definition) is 0. The number of aryl methyl sites for hydroxylation is 1. The van der Waals surface area contributed by atoms with Crippen LogP contribution in [0.2, 0.25) is 0 Å². The van der Waals surface area contributed by atoms with E-state index in [9.17, 15) is 14.9 Å². The van der Waals surface area contributed by atoms with E-state index in [1.807, 2.05) is 38.1 Å². The lowest BCUT2D eigenvalue weighted by Gasteiger charge is -2.15. The van der Waals surface area contributed by atoms with E-state index in [1.165, 1.54) is 20.8 Å². The number of nitriles is 1. The lowest BCUT2D eigenvalue weighted by molar-refractivity contribution is -0.120. The van der Waals surface area contributed by atoms with Crippen molar-refractivity contribution in [3.05, 3.63) is 41.4 Å². The molecule has 0 radical (unpaired) electrons. The molecule has 0 saturated carbocycles. The van der Waals surface area contributed by atoms with Crippen LogP contribution in [0.3, 0.4) is 0 Å². The zero-order valence-electron chi connectivity index (χ0n) is 14.5. The molecule has 0 aliphatic rings. The van der Waals surface area contributed by atoms with Crippen molar-refractivity contribution < 1.29 is 4.79 Å². The summed E-state index contributed by atoms with van der Waals surface area (Å²) in [5, 5.41) is 9.50. The van der Waals surface area contributed by atoms with Crippen LogP contribution in [0, 0.1) is 23.7 Å². The van der Waals surface area contributed by atoms with Crippen LogP contribution in [0.4, 0.5) is 0 Å². The minimum Gasteiger partial charge on any atom is -0.298 e. The van der Waals surface area contributed by atoms with Crippen LogP contribution >= 0.6 is 22.7 Å². The molecule has 0 N–H and O–H groups in total. The number of Topliss-reactive ketones (excluding diaryl/α,β-unsaturated/α-hetero) is 1. The summed E-state index contributed by atoms with van der Waals surface area (Å²) in [6.45, 7) is 9.59. The van der Waals surface area contributed by atoms with Crippen LogP contribution < -0.4 is 14.8 Å². The lowest BCUT2D eigenvalue weighted by Crippen LogP contribution is -2.33. The Balaban J connectivity index is 2.82. The molecule has 0 fully saturated rings. The summed E-state index contributed by atoms with van der Waals surface area (Å²) in [5.74, 6) is -0.244. The summed E-state index contributed by atoms with van der Waals surface area (Å²) in [7, 11) is 0. The zero-order chi connectivity index (χ0) is 18.1. The number of ketones is 1. The van der Waals surface area contributed by atoms with Crippen LogP contribution in [0.15, 0.2) is 16.9 Å². The number of hydrogen-bond acceptors (Lipinski definition) is 5. The van der Waals surface area contributed by atoms with Gasteiger partial charge in [0.25, 0.3) is 5.56 Å². The van der Waals surface area contributed by atoms with Crippen molar-refractivity contribution in [3.8, 4) is 6.07 Å². The summed E-state index contributed by atoms with van der Waals surface area (Å²) in [6.07, 6.45) is 1.83. The molecular weight excluding hydrogens is 340 g/mol. The van der Waals surface area contributed by atoms with E-state index in [1.54, 1.807) is 32.1 Å². The zero-order valence-corrected chi connectivity index (χ0v) is 16.1. The molecule has 0 aromatic carbocycles. The van der Waals surface area contributed by atoms with Gasteiger partial charge >= 0.3 is 0 Å². The molecule has 0 bridgehead atoms. The van der Waals surface area contributed by atoms with E-state index in [0.29, 0.717) is 15.7 Å². The summed E-state index contributed by atoms with van der Waals surface area (Å²) in [6, 6.07) is 5.98. The van der Waals surface area contributed by atoms with Gasteiger partial charge in [-0.05, 0) is 32.1 Å². The fourth-order valence-electron chi connectivity index (χ4n) is 2.22. The van der Waals surface area contributed by atoms with Crippen molar-refractivity contribution in [3.63, 3.8) is 0 Å². The first kappa shape index (κ1) is 18.4. The normalized spacial score (nSPS) is 13.8. The summed E-state index contributed by atoms with van der Waals surface area (Å²) in [4.78, 5) is 27.4. The molecule has 2 rings (SSSR count). The number of carbonyl (C=O) groups is 1. The Morgan fingerprint density at radius 3 is 2.46 bits per heavy atom. The maximum Gasteiger partial charge on any atom is 0.269 e. The van der Waals surface area contributed by atoms with E-state index in [4.69, 9.17) is 0 Å². The highest BCUT2D eigenvalue weighted by Crippen LogP contribution is 2.19. The predicted octanol–water partition coefficient (Wildman–Crippen LogP) is 2.42. The largest absolute Gasteiger partial charge is 0.298 e. The van der Waals surface area contributed by atoms with Gasteiger partial charge in [-0.2, -0.15) is 5.26 Å². The highest BCUT2D eigenvalue weighted by Gasteiger charge is 2.27. The first-order valence-corrected chi connectivity index (χ1v) is 9.29. The van der Waals surface area contributed by atoms with E-state index >= 15 is 0 Å². The SMILES string of the molecule is CCn1c(=O)/c(=C\c2ccc(C)s2)s/c1=C(\C#N)C(=O)C(C)(C)C. The van der Waals surface area contributed by atoms with Crippen LogP contribution in [0.5, 0.6) is 0 Å². The summed E-state index contributed by atoms with van der Waals surface area (Å²) < 4.78 is 2.51. The predicted molar refractivity (Wildman–Crippen MR) is 99.6 cm³/mol. The average molecular weight is 361 g/mol. The molecule has 0 atom stereocenters. The molecule has 0 aliphatic heterocycles. The Hall–Kier alpha value is -1.97. The highest BCUT2D eigenvalue weighted by atomic mass is 32.1. The third-order valence-corrected chi connectivity index (χ3v) is 5.57. The molecule has 126 valence electrons. The smallest absolute Gasteiger partial charge is 0.269 e. The van der Waals surface area contributed by atoms with Crippen molar-refractivity contribution in [1.82, 2.24) is 4.57 Å². The minimum absolute atomic E-state index is 0.0634. The van der Waals surface area contributed by atoms with Gasteiger partial charge in [0.1, 0.15) is 16.3 Å². The van der Waals surface area contributed by atoms with E-state index in [0.717, 1.165) is 4.88 Å². The van der Waals surface area contributed by atoms with E-state index in [2.05, 4.69) is 0 Å². The first-order valence-electron chi connectivity index (χ1n) is 7.66. The van der Waals surface area contributed by atoms with Crippen molar-refractivity contribution in [2.24, 2.45) is 5.41 Å². The fraction of sp³-hybridized carbons (Fsp3) is 0.389. The molecule has 0 saturated heterocycles. The second kappa shape index (κ2) is 6.88. The molecule has 24 heavy (non-hydrogen) atoms. The quantitative estimate of drug-likeness (QED) is 0.844. The van der Waals surface area contributed by atoms with Gasteiger partial charge in [-0.15, -0.1) is 22.7 Å². The van der Waals surface area contributed by atoms with Crippen LogP contribution in [-0.2, 0) is 11.3 Å². The summed E-state index contributed by atoms with van der Waals surface area (Å²) in [5.41, 5.74) is -0.759. The van der Waals surface area contributed by atoms with Crippen molar-refractivity contribution in [2.45, 2.75) is 41.2 Å². The second-order valence-corrected chi connectivity index (χ2v) is 8.83. The lowest BCUT2D eigenvalue weighted by atomic mass is 9.87. The molecule has 4 nitrogen and oxygen atoms in total. The van der Waals surface area contributed by atoms with Crippen molar-refractivity contribution in [1.29, 1.82) is 5.26 Å². The van der Waals surface area contributed by atoms with Gasteiger partial charge < -0.3 is 0 Å². The third-order valence-electron chi connectivity index (χ3n) is 3.49. The number of carbonyl (C=O) groups excluding carboxylic acids is 1. The molecule has 6 heteroatoms. The maximum absolute atomic E-state index is 12.6. The minimum atomic E-state index is -0.668. The van der Waals surface area contributed by atoms with Crippen molar-refractivity contribution in [2.75, 3.05) is 0 Å².